The fourth-order valence-electron chi connectivity index (χ4n) is 2.61. The molecule has 0 spiro atoms. The average Bonchev–Trinajstić information content (AvgIpc) is 2.99. The Labute approximate surface area is 157 Å². The second kappa shape index (κ2) is 8.85. The highest BCUT2D eigenvalue weighted by Crippen LogP contribution is 2.17. The Morgan fingerprint density at radius 2 is 2.00 bits per heavy atom. The lowest BCUT2D eigenvalue weighted by atomic mass is 10.2. The largest absolute Gasteiger partial charge is 0.452 e. The highest BCUT2D eigenvalue weighted by molar-refractivity contribution is 7.91. The molecule has 9 nitrogen and oxygen atoms in total. The van der Waals surface area contributed by atoms with Gasteiger partial charge in [0.2, 0.25) is 0 Å². The van der Waals surface area contributed by atoms with E-state index in [1.165, 1.54) is 24.1 Å². The maximum atomic E-state index is 12.1. The molecular formula is C17H22N2O7S. The van der Waals surface area contributed by atoms with Gasteiger partial charge in [-0.1, -0.05) is 6.07 Å². The number of hydrogen-bond acceptors (Lipinski definition) is 7. The lowest BCUT2D eigenvalue weighted by Crippen LogP contribution is -2.40. The molecule has 1 heterocycles. The molecule has 1 atom stereocenters. The molecule has 2 amide bonds. The van der Waals surface area contributed by atoms with Gasteiger partial charge in [-0.05, 0) is 31.5 Å². The molecule has 27 heavy (non-hydrogen) atoms. The number of anilines is 1. The Bertz CT molecular complexity index is 822. The Kier molecular flexibility index (Phi) is 6.78. The van der Waals surface area contributed by atoms with Crippen LogP contribution in [0.5, 0.6) is 0 Å². The third kappa shape index (κ3) is 5.95. The van der Waals surface area contributed by atoms with E-state index < -0.39 is 40.5 Å². The van der Waals surface area contributed by atoms with Crippen LogP contribution < -0.4 is 5.32 Å². The number of likely N-dealkylation sites (N-methyl/N-ethyl adjacent to an activating group) is 1. The fraction of sp³-hybridized carbons (Fsp3) is 0.471. The average molecular weight is 398 g/mol. The summed E-state index contributed by atoms with van der Waals surface area (Å²) in [5.74, 6) is -1.24. The standard InChI is InChI=1S/C17H22N2O7S/c1-3-25-17(22)18-13-6-4-5-12(9-13)16(21)26-10-15(20)19(2)14-7-8-27(23,24)11-14/h4-6,9,14H,3,7-8,10-11H2,1-2H3,(H,18,22). The number of rotatable bonds is 6. The minimum atomic E-state index is -3.11. The number of amides is 2. The van der Waals surface area contributed by atoms with E-state index in [4.69, 9.17) is 9.47 Å². The van der Waals surface area contributed by atoms with Gasteiger partial charge in [-0.2, -0.15) is 0 Å². The van der Waals surface area contributed by atoms with Crippen molar-refractivity contribution in [2.75, 3.05) is 37.1 Å². The van der Waals surface area contributed by atoms with E-state index in [9.17, 15) is 22.8 Å². The highest BCUT2D eigenvalue weighted by Gasteiger charge is 2.32. The van der Waals surface area contributed by atoms with Crippen LogP contribution in [0.3, 0.4) is 0 Å². The Morgan fingerprint density at radius 1 is 1.26 bits per heavy atom. The summed E-state index contributed by atoms with van der Waals surface area (Å²) in [6, 6.07) is 5.61. The molecule has 0 bridgehead atoms. The summed E-state index contributed by atoms with van der Waals surface area (Å²) in [6.07, 6.45) is -0.272. The topological polar surface area (TPSA) is 119 Å². The van der Waals surface area contributed by atoms with Gasteiger partial charge >= 0.3 is 12.1 Å². The first-order chi connectivity index (χ1) is 12.7. The number of sulfone groups is 1. The number of nitrogens with one attached hydrogen (secondary N) is 1. The van der Waals surface area contributed by atoms with E-state index in [-0.39, 0.29) is 23.7 Å². The van der Waals surface area contributed by atoms with Gasteiger partial charge in [0, 0.05) is 18.8 Å². The predicted molar refractivity (Wildman–Crippen MR) is 97.2 cm³/mol. The van der Waals surface area contributed by atoms with Crippen molar-refractivity contribution >= 4 is 33.5 Å². The zero-order valence-corrected chi connectivity index (χ0v) is 16.0. The molecule has 1 aliphatic rings. The van der Waals surface area contributed by atoms with Crippen LogP contribution in [0.1, 0.15) is 23.7 Å². The maximum Gasteiger partial charge on any atom is 0.411 e. The third-order valence-corrected chi connectivity index (χ3v) is 5.85. The molecule has 2 rings (SSSR count). The number of esters is 1. The van der Waals surface area contributed by atoms with Gasteiger partial charge in [-0.15, -0.1) is 0 Å². The number of benzene rings is 1. The van der Waals surface area contributed by atoms with Crippen LogP contribution in [0.4, 0.5) is 10.5 Å². The van der Waals surface area contributed by atoms with E-state index in [0.717, 1.165) is 0 Å². The first-order valence-electron chi connectivity index (χ1n) is 8.39. The molecule has 1 saturated heterocycles. The predicted octanol–water partition coefficient (Wildman–Crippen LogP) is 1.06. The molecule has 1 aromatic rings. The maximum absolute atomic E-state index is 12.1. The van der Waals surface area contributed by atoms with Gasteiger partial charge in [-0.25, -0.2) is 18.0 Å². The normalized spacial score (nSPS) is 17.8. The molecule has 0 radical (unpaired) electrons. The van der Waals surface area contributed by atoms with Crippen molar-refractivity contribution in [2.45, 2.75) is 19.4 Å². The van der Waals surface area contributed by atoms with Crippen LogP contribution in [-0.4, -0.2) is 69.1 Å². The first kappa shape index (κ1) is 20.7. The van der Waals surface area contributed by atoms with Crippen molar-refractivity contribution in [1.29, 1.82) is 0 Å². The Hall–Kier alpha value is -2.62. The van der Waals surface area contributed by atoms with Crippen molar-refractivity contribution in [3.63, 3.8) is 0 Å². The molecule has 0 aliphatic carbocycles. The summed E-state index contributed by atoms with van der Waals surface area (Å²) in [7, 11) is -1.62. The summed E-state index contributed by atoms with van der Waals surface area (Å²) in [6.45, 7) is 1.38. The van der Waals surface area contributed by atoms with Crippen molar-refractivity contribution < 1.29 is 32.3 Å². The summed E-state index contributed by atoms with van der Waals surface area (Å²) >= 11 is 0. The monoisotopic (exact) mass is 398 g/mol. The number of hydrogen-bond donors (Lipinski definition) is 1. The van der Waals surface area contributed by atoms with E-state index >= 15 is 0 Å². The molecule has 10 heteroatoms. The number of nitrogens with zero attached hydrogens (tertiary/aromatic N) is 1. The molecule has 1 aliphatic heterocycles. The molecule has 1 N–H and O–H groups in total. The molecular weight excluding hydrogens is 376 g/mol. The molecule has 1 unspecified atom stereocenters. The quantitative estimate of drug-likeness (QED) is 0.712. The number of ether oxygens (including phenoxy) is 2. The molecule has 0 saturated carbocycles. The van der Waals surface area contributed by atoms with Crippen LogP contribution in [0.25, 0.3) is 0 Å². The smallest absolute Gasteiger partial charge is 0.411 e. The minimum Gasteiger partial charge on any atom is -0.452 e. The van der Waals surface area contributed by atoms with Gasteiger partial charge < -0.3 is 14.4 Å². The van der Waals surface area contributed by atoms with Crippen LogP contribution in [0, 0.1) is 0 Å². The molecule has 148 valence electrons. The zero-order valence-electron chi connectivity index (χ0n) is 15.1. The first-order valence-corrected chi connectivity index (χ1v) is 10.2. The lowest BCUT2D eigenvalue weighted by molar-refractivity contribution is -0.134. The van der Waals surface area contributed by atoms with Crippen molar-refractivity contribution in [3.8, 4) is 0 Å². The van der Waals surface area contributed by atoms with Crippen molar-refractivity contribution in [1.82, 2.24) is 4.90 Å². The third-order valence-electron chi connectivity index (χ3n) is 4.10. The number of carbonyl (C=O) groups is 3. The zero-order chi connectivity index (χ0) is 20.0. The van der Waals surface area contributed by atoms with Crippen LogP contribution in [0.15, 0.2) is 24.3 Å². The van der Waals surface area contributed by atoms with Crippen molar-refractivity contribution in [3.05, 3.63) is 29.8 Å². The van der Waals surface area contributed by atoms with E-state index in [2.05, 4.69) is 5.32 Å². The molecule has 0 aromatic heterocycles. The lowest BCUT2D eigenvalue weighted by Gasteiger charge is -2.23. The van der Waals surface area contributed by atoms with Crippen LogP contribution in [-0.2, 0) is 24.1 Å². The second-order valence-corrected chi connectivity index (χ2v) is 8.29. The SMILES string of the molecule is CCOC(=O)Nc1cccc(C(=O)OCC(=O)N(C)C2CCS(=O)(=O)C2)c1. The summed E-state index contributed by atoms with van der Waals surface area (Å²) < 4.78 is 32.8. The Morgan fingerprint density at radius 3 is 2.63 bits per heavy atom. The molecule has 1 aromatic carbocycles. The van der Waals surface area contributed by atoms with Gasteiger partial charge in [0.1, 0.15) is 0 Å². The van der Waals surface area contributed by atoms with E-state index in [0.29, 0.717) is 12.1 Å². The van der Waals surface area contributed by atoms with Crippen LogP contribution in [0.2, 0.25) is 0 Å². The summed E-state index contributed by atoms with van der Waals surface area (Å²) in [5.41, 5.74) is 0.505. The van der Waals surface area contributed by atoms with Gasteiger partial charge in [0.15, 0.2) is 16.4 Å². The van der Waals surface area contributed by atoms with Gasteiger partial charge in [-0.3, -0.25) is 10.1 Å². The second-order valence-electron chi connectivity index (χ2n) is 6.06. The summed E-state index contributed by atoms with van der Waals surface area (Å²) in [5, 5.41) is 2.46. The highest BCUT2D eigenvalue weighted by atomic mass is 32.2. The van der Waals surface area contributed by atoms with Gasteiger partial charge in [0.05, 0.1) is 23.7 Å². The van der Waals surface area contributed by atoms with Crippen LogP contribution >= 0.6 is 0 Å². The number of carbonyl (C=O) groups excluding carboxylic acids is 3. The van der Waals surface area contributed by atoms with E-state index in [1.54, 1.807) is 19.1 Å². The van der Waals surface area contributed by atoms with E-state index in [1.807, 2.05) is 0 Å². The minimum absolute atomic E-state index is 0.0509. The summed E-state index contributed by atoms with van der Waals surface area (Å²) in [4.78, 5) is 37.0. The van der Waals surface area contributed by atoms with Gasteiger partial charge in [0.25, 0.3) is 5.91 Å². The fourth-order valence-corrected chi connectivity index (χ4v) is 4.38. The van der Waals surface area contributed by atoms with Crippen molar-refractivity contribution in [2.24, 2.45) is 0 Å². The molecule has 1 fully saturated rings. The Balaban J connectivity index is 1.89.